The summed E-state index contributed by atoms with van der Waals surface area (Å²) in [5, 5.41) is 2.88. The number of rotatable bonds is 5. The fraction of sp³-hybridized carbons (Fsp3) is 0.188. The molecule has 0 spiro atoms. The van der Waals surface area contributed by atoms with Crippen molar-refractivity contribution in [2.75, 3.05) is 12.4 Å². The first kappa shape index (κ1) is 14.4. The molecule has 0 saturated carbocycles. The van der Waals surface area contributed by atoms with Crippen LogP contribution in [0.5, 0.6) is 5.75 Å². The molecule has 0 aliphatic carbocycles. The summed E-state index contributed by atoms with van der Waals surface area (Å²) in [6.07, 6.45) is 0.265. The predicted molar refractivity (Wildman–Crippen MR) is 81.3 cm³/mol. The molecule has 2 aromatic rings. The summed E-state index contributed by atoms with van der Waals surface area (Å²) in [5.41, 5.74) is 2.51. The molecule has 0 aromatic heterocycles. The van der Waals surface area contributed by atoms with Gasteiger partial charge in [-0.15, -0.1) is 11.6 Å². The van der Waals surface area contributed by atoms with Crippen LogP contribution in [0.4, 0.5) is 5.69 Å². The Labute approximate surface area is 123 Å². The lowest BCUT2D eigenvalue weighted by molar-refractivity contribution is -0.115. The molecule has 0 bridgehead atoms. The Morgan fingerprint density at radius 2 is 1.75 bits per heavy atom. The zero-order chi connectivity index (χ0) is 14.4. The van der Waals surface area contributed by atoms with Crippen LogP contribution in [-0.2, 0) is 17.1 Å². The summed E-state index contributed by atoms with van der Waals surface area (Å²) < 4.78 is 5.24. The average Bonchev–Trinajstić information content (AvgIpc) is 2.48. The monoisotopic (exact) mass is 289 g/mol. The Kier molecular flexibility index (Phi) is 5.02. The van der Waals surface area contributed by atoms with Crippen molar-refractivity contribution >= 4 is 23.2 Å². The Morgan fingerprint density at radius 1 is 1.10 bits per heavy atom. The van der Waals surface area contributed by atoms with E-state index in [1.54, 1.807) is 7.11 Å². The summed E-state index contributed by atoms with van der Waals surface area (Å²) >= 11 is 5.85. The van der Waals surface area contributed by atoms with Crippen molar-refractivity contribution in [2.45, 2.75) is 12.3 Å². The number of methoxy groups -OCH3 is 1. The van der Waals surface area contributed by atoms with Crippen molar-refractivity contribution in [1.29, 1.82) is 0 Å². The number of amides is 1. The van der Waals surface area contributed by atoms with Crippen molar-refractivity contribution in [3.05, 3.63) is 59.7 Å². The van der Waals surface area contributed by atoms with Crippen LogP contribution < -0.4 is 10.1 Å². The van der Waals surface area contributed by atoms with E-state index in [4.69, 9.17) is 16.3 Å². The predicted octanol–water partition coefficient (Wildman–Crippen LogP) is 3.62. The second-order valence-electron chi connectivity index (χ2n) is 4.33. The zero-order valence-electron chi connectivity index (χ0n) is 11.2. The Balaban J connectivity index is 2.09. The number of ether oxygens (including phenoxy) is 1. The number of carbonyl (C=O) groups is 1. The van der Waals surface area contributed by atoms with Gasteiger partial charge in [0.2, 0.25) is 5.91 Å². The van der Waals surface area contributed by atoms with E-state index < -0.39 is 0 Å². The molecule has 0 fully saturated rings. The number of alkyl halides is 1. The van der Waals surface area contributed by atoms with Gasteiger partial charge in [0.05, 0.1) is 13.5 Å². The number of hydrogen-bond acceptors (Lipinski definition) is 2. The highest BCUT2D eigenvalue weighted by Crippen LogP contribution is 2.20. The molecule has 1 N–H and O–H groups in total. The zero-order valence-corrected chi connectivity index (χ0v) is 12.0. The smallest absolute Gasteiger partial charge is 0.228 e. The van der Waals surface area contributed by atoms with Gasteiger partial charge in [-0.1, -0.05) is 36.4 Å². The number of benzene rings is 2. The molecule has 0 saturated heterocycles. The summed E-state index contributed by atoms with van der Waals surface area (Å²) in [7, 11) is 1.60. The molecular weight excluding hydrogens is 274 g/mol. The lowest BCUT2D eigenvalue weighted by Gasteiger charge is -2.11. The molecule has 0 atom stereocenters. The largest absolute Gasteiger partial charge is 0.496 e. The van der Waals surface area contributed by atoms with Crippen molar-refractivity contribution < 1.29 is 9.53 Å². The summed E-state index contributed by atoms with van der Waals surface area (Å²) in [4.78, 5) is 12.1. The number of nitrogens with one attached hydrogen (secondary N) is 1. The van der Waals surface area contributed by atoms with Crippen LogP contribution >= 0.6 is 11.6 Å². The van der Waals surface area contributed by atoms with Gasteiger partial charge in [-0.3, -0.25) is 4.79 Å². The van der Waals surface area contributed by atoms with Crippen molar-refractivity contribution in [3.8, 4) is 5.75 Å². The van der Waals surface area contributed by atoms with Gasteiger partial charge in [-0.05, 0) is 17.7 Å². The molecule has 0 aliphatic heterocycles. The minimum absolute atomic E-state index is 0.0907. The second kappa shape index (κ2) is 6.96. The van der Waals surface area contributed by atoms with Crippen LogP contribution in [0.25, 0.3) is 0 Å². The number of anilines is 1. The number of carbonyl (C=O) groups excluding carboxylic acids is 1. The van der Waals surface area contributed by atoms with E-state index in [0.717, 1.165) is 16.8 Å². The SMILES string of the molecule is COc1ccccc1CC(=O)Nc1ccccc1CCl. The number of para-hydroxylation sites is 2. The molecule has 0 unspecified atom stereocenters. The first-order valence-corrected chi connectivity index (χ1v) is 6.83. The first-order chi connectivity index (χ1) is 9.74. The molecule has 0 aliphatic rings. The van der Waals surface area contributed by atoms with E-state index in [0.29, 0.717) is 11.6 Å². The fourth-order valence-electron chi connectivity index (χ4n) is 1.98. The van der Waals surface area contributed by atoms with Crippen LogP contribution in [-0.4, -0.2) is 13.0 Å². The Bertz CT molecular complexity index is 547. The van der Waals surface area contributed by atoms with Crippen molar-refractivity contribution in [1.82, 2.24) is 0 Å². The minimum Gasteiger partial charge on any atom is -0.496 e. The van der Waals surface area contributed by atoms with Gasteiger partial charge in [0.25, 0.3) is 0 Å². The third kappa shape index (κ3) is 3.52. The van der Waals surface area contributed by atoms with Gasteiger partial charge in [0.15, 0.2) is 0 Å². The first-order valence-electron chi connectivity index (χ1n) is 6.30. The van der Waals surface area contributed by atoms with Gasteiger partial charge < -0.3 is 10.1 Å². The van der Waals surface area contributed by atoms with E-state index in [-0.39, 0.29) is 12.3 Å². The maximum Gasteiger partial charge on any atom is 0.228 e. The topological polar surface area (TPSA) is 38.3 Å². The summed E-state index contributed by atoms with van der Waals surface area (Å²) in [6.45, 7) is 0. The van der Waals surface area contributed by atoms with E-state index in [1.807, 2.05) is 48.5 Å². The van der Waals surface area contributed by atoms with E-state index in [9.17, 15) is 4.79 Å². The maximum absolute atomic E-state index is 12.1. The van der Waals surface area contributed by atoms with Crippen molar-refractivity contribution in [3.63, 3.8) is 0 Å². The molecule has 2 rings (SSSR count). The van der Waals surface area contributed by atoms with E-state index in [1.165, 1.54) is 0 Å². The highest BCUT2D eigenvalue weighted by atomic mass is 35.5. The maximum atomic E-state index is 12.1. The van der Waals surface area contributed by atoms with Gasteiger partial charge >= 0.3 is 0 Å². The number of halogens is 1. The molecule has 0 radical (unpaired) electrons. The van der Waals surface area contributed by atoms with Gasteiger partial charge in [-0.25, -0.2) is 0 Å². The highest BCUT2D eigenvalue weighted by molar-refractivity contribution is 6.17. The second-order valence-corrected chi connectivity index (χ2v) is 4.59. The quantitative estimate of drug-likeness (QED) is 0.854. The van der Waals surface area contributed by atoms with E-state index >= 15 is 0 Å². The highest BCUT2D eigenvalue weighted by Gasteiger charge is 2.10. The third-order valence-corrected chi connectivity index (χ3v) is 3.27. The van der Waals surface area contributed by atoms with E-state index in [2.05, 4.69) is 5.32 Å². The Morgan fingerprint density at radius 3 is 2.45 bits per heavy atom. The Hall–Kier alpha value is -2.00. The van der Waals surface area contributed by atoms with Gasteiger partial charge in [0, 0.05) is 17.1 Å². The lowest BCUT2D eigenvalue weighted by atomic mass is 10.1. The summed E-state index contributed by atoms with van der Waals surface area (Å²) in [6, 6.07) is 15.0. The van der Waals surface area contributed by atoms with Gasteiger partial charge in [-0.2, -0.15) is 0 Å². The lowest BCUT2D eigenvalue weighted by Crippen LogP contribution is -2.15. The third-order valence-electron chi connectivity index (χ3n) is 2.98. The molecule has 1 amide bonds. The van der Waals surface area contributed by atoms with Crippen LogP contribution in [0.15, 0.2) is 48.5 Å². The molecule has 4 heteroatoms. The van der Waals surface area contributed by atoms with Crippen LogP contribution in [0.1, 0.15) is 11.1 Å². The van der Waals surface area contributed by atoms with Crippen LogP contribution in [0.3, 0.4) is 0 Å². The fourth-order valence-corrected chi connectivity index (χ4v) is 2.21. The van der Waals surface area contributed by atoms with Crippen LogP contribution in [0, 0.1) is 0 Å². The standard InChI is InChI=1S/C16H16ClNO2/c1-20-15-9-5-3-6-12(15)10-16(19)18-14-8-4-2-7-13(14)11-17/h2-9H,10-11H2,1H3,(H,18,19). The molecule has 0 heterocycles. The average molecular weight is 290 g/mol. The number of hydrogen-bond donors (Lipinski definition) is 1. The normalized spacial score (nSPS) is 10.1. The molecular formula is C16H16ClNO2. The minimum atomic E-state index is -0.0907. The van der Waals surface area contributed by atoms with Gasteiger partial charge in [0.1, 0.15) is 5.75 Å². The molecule has 104 valence electrons. The molecule has 2 aromatic carbocycles. The van der Waals surface area contributed by atoms with Crippen molar-refractivity contribution in [2.24, 2.45) is 0 Å². The molecule has 20 heavy (non-hydrogen) atoms. The molecule has 3 nitrogen and oxygen atoms in total. The summed E-state index contributed by atoms with van der Waals surface area (Å²) in [5.74, 6) is 0.992. The van der Waals surface area contributed by atoms with Crippen LogP contribution in [0.2, 0.25) is 0 Å².